The fraction of sp³-hybridized carbons (Fsp3) is 1.00. The second kappa shape index (κ2) is 4.69. The van der Waals surface area contributed by atoms with Crippen LogP contribution in [0.1, 0.15) is 19.8 Å². The average Bonchev–Trinajstić information content (AvgIpc) is 1.63. The summed E-state index contributed by atoms with van der Waals surface area (Å²) in [5.41, 5.74) is -2.95. The van der Waals surface area contributed by atoms with Crippen molar-refractivity contribution in [3.05, 3.63) is 0 Å². The SMILES string of the molecule is CCCCSP(O)(O)=S. The molecule has 0 aliphatic heterocycles. The number of rotatable bonds is 4. The van der Waals surface area contributed by atoms with Crippen molar-refractivity contribution in [2.45, 2.75) is 19.8 Å². The summed E-state index contributed by atoms with van der Waals surface area (Å²) in [5, 5.41) is 0. The van der Waals surface area contributed by atoms with E-state index in [2.05, 4.69) is 18.7 Å². The Labute approximate surface area is 64.6 Å². The summed E-state index contributed by atoms with van der Waals surface area (Å²) in [4.78, 5) is 17.4. The monoisotopic (exact) mass is 186 g/mol. The molecule has 0 spiro atoms. The van der Waals surface area contributed by atoms with Crippen LogP contribution in [-0.2, 0) is 11.8 Å². The summed E-state index contributed by atoms with van der Waals surface area (Å²) < 4.78 is 0. The molecule has 0 unspecified atom stereocenters. The largest absolute Gasteiger partial charge is 0.338 e. The lowest BCUT2D eigenvalue weighted by Gasteiger charge is -2.03. The maximum Gasteiger partial charge on any atom is 0.242 e. The molecule has 56 valence electrons. The Morgan fingerprint density at radius 3 is 2.44 bits per heavy atom. The van der Waals surface area contributed by atoms with Crippen LogP contribution in [0.3, 0.4) is 0 Å². The first-order chi connectivity index (χ1) is 4.06. The van der Waals surface area contributed by atoms with Crippen LogP contribution in [0.15, 0.2) is 0 Å². The van der Waals surface area contributed by atoms with Gasteiger partial charge in [0.25, 0.3) is 0 Å². The molecule has 5 heteroatoms. The van der Waals surface area contributed by atoms with E-state index in [1.165, 1.54) is 0 Å². The van der Waals surface area contributed by atoms with E-state index < -0.39 is 5.69 Å². The van der Waals surface area contributed by atoms with Gasteiger partial charge in [-0.05, 0) is 18.2 Å². The van der Waals surface area contributed by atoms with Gasteiger partial charge in [-0.3, -0.25) is 0 Å². The van der Waals surface area contributed by atoms with Gasteiger partial charge < -0.3 is 9.79 Å². The molecule has 0 aromatic carbocycles. The molecule has 0 aromatic heterocycles. The predicted molar refractivity (Wildman–Crippen MR) is 46.1 cm³/mol. The normalized spacial score (nSPS) is 11.9. The second-order valence-corrected chi connectivity index (χ2v) is 7.85. The number of hydrogen-bond donors (Lipinski definition) is 2. The van der Waals surface area contributed by atoms with Gasteiger partial charge >= 0.3 is 0 Å². The summed E-state index contributed by atoms with van der Waals surface area (Å²) in [6.45, 7) is 2.05. The van der Waals surface area contributed by atoms with Crippen LogP contribution in [-0.4, -0.2) is 15.5 Å². The van der Waals surface area contributed by atoms with E-state index in [9.17, 15) is 0 Å². The highest BCUT2D eigenvalue weighted by Crippen LogP contribution is 2.50. The maximum atomic E-state index is 8.69. The Morgan fingerprint density at radius 1 is 1.56 bits per heavy atom. The van der Waals surface area contributed by atoms with Gasteiger partial charge in [0, 0.05) is 5.75 Å². The molecule has 0 rings (SSSR count). The third-order valence-corrected chi connectivity index (χ3v) is 4.07. The fourth-order valence-electron chi connectivity index (χ4n) is 0.328. The Morgan fingerprint density at radius 2 is 2.11 bits per heavy atom. The first kappa shape index (κ1) is 9.92. The zero-order chi connectivity index (χ0) is 7.33. The summed E-state index contributed by atoms with van der Waals surface area (Å²) in [5.74, 6) is 0.765. The Hall–Kier alpha value is 0.920. The van der Waals surface area contributed by atoms with E-state index in [0.717, 1.165) is 30.0 Å². The van der Waals surface area contributed by atoms with Crippen LogP contribution in [0, 0.1) is 0 Å². The van der Waals surface area contributed by atoms with Gasteiger partial charge in [0.1, 0.15) is 0 Å². The molecule has 0 aliphatic rings. The lowest BCUT2D eigenvalue weighted by atomic mass is 10.4. The first-order valence-corrected chi connectivity index (χ1v) is 7.06. The summed E-state index contributed by atoms with van der Waals surface area (Å²) in [7, 11) is 0. The molecule has 0 saturated heterocycles. The van der Waals surface area contributed by atoms with Crippen LogP contribution in [0.4, 0.5) is 0 Å². The Bertz CT molecular complexity index is 111. The van der Waals surface area contributed by atoms with Gasteiger partial charge in [-0.15, -0.1) is 0 Å². The van der Waals surface area contributed by atoms with Gasteiger partial charge in [-0.1, -0.05) is 24.7 Å². The quantitative estimate of drug-likeness (QED) is 0.518. The van der Waals surface area contributed by atoms with E-state index in [1.54, 1.807) is 0 Å². The smallest absolute Gasteiger partial charge is 0.242 e. The predicted octanol–water partition coefficient (Wildman–Crippen LogP) is 1.73. The Kier molecular flexibility index (Phi) is 5.17. The molecular formula is C4H11O2PS2. The van der Waals surface area contributed by atoms with Crippen molar-refractivity contribution >= 4 is 28.9 Å². The molecule has 0 saturated carbocycles. The molecule has 0 heterocycles. The topological polar surface area (TPSA) is 40.5 Å². The van der Waals surface area contributed by atoms with Crippen LogP contribution < -0.4 is 0 Å². The lowest BCUT2D eigenvalue weighted by Crippen LogP contribution is -1.76. The molecule has 9 heavy (non-hydrogen) atoms. The van der Waals surface area contributed by atoms with Crippen LogP contribution >= 0.6 is 17.1 Å². The van der Waals surface area contributed by atoms with E-state index in [4.69, 9.17) is 9.79 Å². The van der Waals surface area contributed by atoms with Crippen LogP contribution in [0.2, 0.25) is 0 Å². The van der Waals surface area contributed by atoms with Crippen molar-refractivity contribution in [2.24, 2.45) is 0 Å². The summed E-state index contributed by atoms with van der Waals surface area (Å²) >= 11 is 5.48. The molecular weight excluding hydrogens is 175 g/mol. The molecule has 2 nitrogen and oxygen atoms in total. The zero-order valence-electron chi connectivity index (χ0n) is 5.28. The van der Waals surface area contributed by atoms with Crippen LogP contribution in [0.5, 0.6) is 0 Å². The molecule has 2 N–H and O–H groups in total. The van der Waals surface area contributed by atoms with Gasteiger partial charge in [-0.25, -0.2) is 0 Å². The van der Waals surface area contributed by atoms with E-state index >= 15 is 0 Å². The third-order valence-electron chi connectivity index (χ3n) is 0.757. The number of hydrogen-bond acceptors (Lipinski definition) is 2. The highest BCUT2D eigenvalue weighted by molar-refractivity contribution is 8.67. The molecule has 0 aromatic rings. The van der Waals surface area contributed by atoms with Crippen molar-refractivity contribution in [3.8, 4) is 0 Å². The Balaban J connectivity index is 3.18. The second-order valence-electron chi connectivity index (χ2n) is 1.68. The van der Waals surface area contributed by atoms with Crippen molar-refractivity contribution in [3.63, 3.8) is 0 Å². The zero-order valence-corrected chi connectivity index (χ0v) is 7.81. The maximum absolute atomic E-state index is 8.69. The first-order valence-electron chi connectivity index (χ1n) is 2.76. The minimum absolute atomic E-state index is 0.765. The van der Waals surface area contributed by atoms with Crippen molar-refractivity contribution in [1.29, 1.82) is 0 Å². The van der Waals surface area contributed by atoms with Gasteiger partial charge in [-0.2, -0.15) is 0 Å². The lowest BCUT2D eigenvalue weighted by molar-refractivity contribution is 0.502. The molecule has 0 amide bonds. The molecule has 0 fully saturated rings. The molecule has 0 atom stereocenters. The van der Waals surface area contributed by atoms with Crippen molar-refractivity contribution < 1.29 is 9.79 Å². The minimum Gasteiger partial charge on any atom is -0.338 e. The summed E-state index contributed by atoms with van der Waals surface area (Å²) in [6, 6.07) is 0. The molecule has 0 bridgehead atoms. The highest BCUT2D eigenvalue weighted by Gasteiger charge is 2.05. The van der Waals surface area contributed by atoms with Crippen molar-refractivity contribution in [2.75, 3.05) is 5.75 Å². The standard InChI is InChI=1S/C4H11O2PS2/c1-2-3-4-9-7(5,6)8/h2-4H2,1H3,(H2,5,6,8). The van der Waals surface area contributed by atoms with E-state index in [1.807, 2.05) is 0 Å². The van der Waals surface area contributed by atoms with Crippen LogP contribution in [0.25, 0.3) is 0 Å². The van der Waals surface area contributed by atoms with Gasteiger partial charge in [0.15, 0.2) is 0 Å². The molecule has 0 aliphatic carbocycles. The highest BCUT2D eigenvalue weighted by atomic mass is 32.9. The van der Waals surface area contributed by atoms with E-state index in [-0.39, 0.29) is 0 Å². The molecule has 0 radical (unpaired) electrons. The minimum atomic E-state index is -2.95. The number of unbranched alkanes of at least 4 members (excludes halogenated alkanes) is 1. The fourth-order valence-corrected chi connectivity index (χ4v) is 2.76. The summed E-state index contributed by atoms with van der Waals surface area (Å²) in [6.07, 6.45) is 2.08. The van der Waals surface area contributed by atoms with Gasteiger partial charge in [0.05, 0.1) is 0 Å². The van der Waals surface area contributed by atoms with Crippen molar-refractivity contribution in [1.82, 2.24) is 0 Å². The van der Waals surface area contributed by atoms with E-state index in [0.29, 0.717) is 0 Å². The third kappa shape index (κ3) is 8.92. The average molecular weight is 186 g/mol. The van der Waals surface area contributed by atoms with Gasteiger partial charge in [0.2, 0.25) is 5.69 Å².